The Kier molecular flexibility index (Phi) is 3.54. The summed E-state index contributed by atoms with van der Waals surface area (Å²) in [6.07, 6.45) is 5.87. The first-order valence-electron chi connectivity index (χ1n) is 5.90. The second-order valence-corrected chi connectivity index (χ2v) is 4.64. The summed E-state index contributed by atoms with van der Waals surface area (Å²) >= 11 is 0. The molecule has 0 saturated carbocycles. The van der Waals surface area contributed by atoms with E-state index >= 15 is 0 Å². The Labute approximate surface area is 97.1 Å². The fourth-order valence-electron chi connectivity index (χ4n) is 2.78. The maximum atomic E-state index is 5.97. The largest absolute Gasteiger partial charge is 0.501 e. The molecule has 4 unspecified atom stereocenters. The molecule has 3 nitrogen and oxygen atoms in total. The lowest BCUT2D eigenvalue weighted by Crippen LogP contribution is -2.38. The quantitative estimate of drug-likeness (QED) is 0.671. The van der Waals surface area contributed by atoms with Gasteiger partial charge < -0.3 is 14.2 Å². The molecule has 0 aromatic carbocycles. The van der Waals surface area contributed by atoms with E-state index in [0.717, 1.165) is 12.8 Å². The standard InChI is InChI=1S/C13H20O3/c1-4-14-8-10-6-12-9(3)11(15-5-2)7-13(10)16-12/h4-5,9-13H,1-2,6-8H2,3H3/t9-,10?,11?,12?,13?/m0/s1. The zero-order chi connectivity index (χ0) is 11.5. The Balaban J connectivity index is 1.96. The minimum Gasteiger partial charge on any atom is -0.501 e. The summed E-state index contributed by atoms with van der Waals surface area (Å²) in [5.74, 6) is 0.909. The normalized spacial score (nSPS) is 41.4. The highest BCUT2D eigenvalue weighted by atomic mass is 16.5. The van der Waals surface area contributed by atoms with Crippen molar-refractivity contribution in [3.05, 3.63) is 25.7 Å². The van der Waals surface area contributed by atoms with Gasteiger partial charge >= 0.3 is 0 Å². The van der Waals surface area contributed by atoms with Crippen molar-refractivity contribution in [2.24, 2.45) is 11.8 Å². The molecule has 0 radical (unpaired) electrons. The maximum absolute atomic E-state index is 5.97. The molecule has 0 aromatic heterocycles. The molecule has 0 aliphatic carbocycles. The Morgan fingerprint density at radius 3 is 2.75 bits per heavy atom. The molecule has 0 aromatic rings. The van der Waals surface area contributed by atoms with Gasteiger partial charge in [0.25, 0.3) is 0 Å². The zero-order valence-corrected chi connectivity index (χ0v) is 9.80. The van der Waals surface area contributed by atoms with E-state index in [2.05, 4.69) is 20.1 Å². The van der Waals surface area contributed by atoms with E-state index in [-0.39, 0.29) is 12.2 Å². The van der Waals surface area contributed by atoms with E-state index in [1.54, 1.807) is 6.26 Å². The highest BCUT2D eigenvalue weighted by Crippen LogP contribution is 2.41. The van der Waals surface area contributed by atoms with Crippen molar-refractivity contribution < 1.29 is 14.2 Å². The Hall–Kier alpha value is -0.960. The fraction of sp³-hybridized carbons (Fsp3) is 0.692. The minimum atomic E-state index is 0.245. The molecule has 2 saturated heterocycles. The van der Waals surface area contributed by atoms with Gasteiger partial charge in [-0.05, 0) is 6.42 Å². The number of ether oxygens (including phenoxy) is 3. The zero-order valence-electron chi connectivity index (χ0n) is 9.80. The molecule has 0 spiro atoms. The summed E-state index contributed by atoms with van der Waals surface area (Å²) in [5, 5.41) is 0. The van der Waals surface area contributed by atoms with Crippen molar-refractivity contribution in [2.75, 3.05) is 6.61 Å². The monoisotopic (exact) mass is 224 g/mol. The van der Waals surface area contributed by atoms with E-state index in [0.29, 0.717) is 24.5 Å². The van der Waals surface area contributed by atoms with Gasteiger partial charge in [0.1, 0.15) is 6.10 Å². The van der Waals surface area contributed by atoms with Crippen LogP contribution in [0.2, 0.25) is 0 Å². The highest BCUT2D eigenvalue weighted by Gasteiger charge is 2.46. The third-order valence-corrected chi connectivity index (χ3v) is 3.75. The Morgan fingerprint density at radius 2 is 2.06 bits per heavy atom. The number of hydrogen-bond acceptors (Lipinski definition) is 3. The lowest BCUT2D eigenvalue weighted by molar-refractivity contribution is -0.101. The minimum absolute atomic E-state index is 0.245. The summed E-state index contributed by atoms with van der Waals surface area (Å²) in [6.45, 7) is 10.1. The summed E-state index contributed by atoms with van der Waals surface area (Å²) in [4.78, 5) is 0. The van der Waals surface area contributed by atoms with E-state index in [9.17, 15) is 0 Å². The van der Waals surface area contributed by atoms with Crippen LogP contribution in [0, 0.1) is 11.8 Å². The van der Waals surface area contributed by atoms with Gasteiger partial charge in [-0.15, -0.1) is 0 Å². The predicted octanol–water partition coefficient (Wildman–Crippen LogP) is 2.49. The van der Waals surface area contributed by atoms with E-state index in [1.807, 2.05) is 0 Å². The van der Waals surface area contributed by atoms with Crippen LogP contribution in [0.4, 0.5) is 0 Å². The summed E-state index contributed by atoms with van der Waals surface area (Å²) in [7, 11) is 0. The molecule has 90 valence electrons. The van der Waals surface area contributed by atoms with Gasteiger partial charge in [-0.25, -0.2) is 0 Å². The van der Waals surface area contributed by atoms with E-state index in [4.69, 9.17) is 14.2 Å². The highest BCUT2D eigenvalue weighted by molar-refractivity contribution is 4.95. The average molecular weight is 224 g/mol. The first kappa shape index (κ1) is 11.5. The third-order valence-electron chi connectivity index (χ3n) is 3.75. The molecule has 2 rings (SSSR count). The van der Waals surface area contributed by atoms with Crippen LogP contribution in [0.5, 0.6) is 0 Å². The molecular formula is C13H20O3. The van der Waals surface area contributed by atoms with Crippen molar-refractivity contribution in [3.8, 4) is 0 Å². The Bertz CT molecular complexity index is 264. The first-order chi connectivity index (χ1) is 7.76. The van der Waals surface area contributed by atoms with Gasteiger partial charge in [0.15, 0.2) is 0 Å². The molecule has 2 aliphatic heterocycles. The van der Waals surface area contributed by atoms with E-state index < -0.39 is 0 Å². The van der Waals surface area contributed by atoms with Crippen molar-refractivity contribution >= 4 is 0 Å². The lowest BCUT2D eigenvalue weighted by Gasteiger charge is -2.34. The second kappa shape index (κ2) is 4.91. The van der Waals surface area contributed by atoms with Crippen LogP contribution < -0.4 is 0 Å². The number of hydrogen-bond donors (Lipinski definition) is 0. The molecule has 0 amide bonds. The molecule has 0 N–H and O–H groups in total. The average Bonchev–Trinajstić information content (AvgIpc) is 2.62. The van der Waals surface area contributed by atoms with Gasteiger partial charge in [-0.1, -0.05) is 20.1 Å². The van der Waals surface area contributed by atoms with Gasteiger partial charge in [0.2, 0.25) is 0 Å². The van der Waals surface area contributed by atoms with Gasteiger partial charge in [0, 0.05) is 18.3 Å². The second-order valence-electron chi connectivity index (χ2n) is 4.64. The summed E-state index contributed by atoms with van der Waals surface area (Å²) in [6, 6.07) is 0. The molecule has 16 heavy (non-hydrogen) atoms. The topological polar surface area (TPSA) is 27.7 Å². The van der Waals surface area contributed by atoms with Crippen LogP contribution in [0.25, 0.3) is 0 Å². The first-order valence-corrected chi connectivity index (χ1v) is 5.90. The van der Waals surface area contributed by atoms with Crippen LogP contribution in [-0.4, -0.2) is 24.9 Å². The van der Waals surface area contributed by atoms with Gasteiger partial charge in [-0.3, -0.25) is 0 Å². The van der Waals surface area contributed by atoms with Crippen molar-refractivity contribution in [1.82, 2.24) is 0 Å². The molecule has 2 aliphatic rings. The van der Waals surface area contributed by atoms with Crippen LogP contribution in [0.1, 0.15) is 19.8 Å². The predicted molar refractivity (Wildman–Crippen MR) is 61.8 cm³/mol. The van der Waals surface area contributed by atoms with Crippen molar-refractivity contribution in [1.29, 1.82) is 0 Å². The molecule has 2 fully saturated rings. The lowest BCUT2D eigenvalue weighted by atomic mass is 9.94. The smallest absolute Gasteiger partial charge is 0.105 e. The van der Waals surface area contributed by atoms with Crippen LogP contribution >= 0.6 is 0 Å². The van der Waals surface area contributed by atoms with Crippen molar-refractivity contribution in [3.63, 3.8) is 0 Å². The molecule has 3 heteroatoms. The molecule has 2 heterocycles. The SMILES string of the molecule is C=COCC1CC2OC1CC(OC=C)[C@@H]2C. The fourth-order valence-corrected chi connectivity index (χ4v) is 2.78. The van der Waals surface area contributed by atoms with E-state index in [1.165, 1.54) is 6.26 Å². The summed E-state index contributed by atoms with van der Waals surface area (Å²) < 4.78 is 16.8. The maximum Gasteiger partial charge on any atom is 0.105 e. The number of fused-ring (bicyclic) bond motifs is 2. The van der Waals surface area contributed by atoms with Gasteiger partial charge in [-0.2, -0.15) is 0 Å². The molecule has 5 atom stereocenters. The molecule has 2 bridgehead atoms. The van der Waals surface area contributed by atoms with Crippen LogP contribution in [0.15, 0.2) is 25.7 Å². The van der Waals surface area contributed by atoms with Crippen LogP contribution in [0.3, 0.4) is 0 Å². The van der Waals surface area contributed by atoms with Gasteiger partial charge in [0.05, 0.1) is 31.3 Å². The Morgan fingerprint density at radius 1 is 1.25 bits per heavy atom. The van der Waals surface area contributed by atoms with Crippen LogP contribution in [-0.2, 0) is 14.2 Å². The molecular weight excluding hydrogens is 204 g/mol. The third kappa shape index (κ3) is 2.09. The summed E-state index contributed by atoms with van der Waals surface area (Å²) in [5.41, 5.74) is 0. The number of rotatable bonds is 5. The van der Waals surface area contributed by atoms with Crippen molar-refractivity contribution in [2.45, 2.75) is 38.1 Å².